The molecule has 0 unspecified atom stereocenters. The van der Waals surface area contributed by atoms with E-state index in [0.717, 1.165) is 0 Å². The highest BCUT2D eigenvalue weighted by molar-refractivity contribution is 7.89. The van der Waals surface area contributed by atoms with Crippen LogP contribution < -0.4 is 15.4 Å². The number of nitrogens with zero attached hydrogens (tertiary/aromatic N) is 2. The van der Waals surface area contributed by atoms with Crippen molar-refractivity contribution in [3.63, 3.8) is 0 Å². The maximum absolute atomic E-state index is 12.3. The van der Waals surface area contributed by atoms with Gasteiger partial charge in [0, 0.05) is 31.9 Å². The molecule has 2 aromatic rings. The molecule has 1 aromatic carbocycles. The third-order valence-electron chi connectivity index (χ3n) is 3.18. The number of carbonyl (C=O) groups is 2. The molecular formula is C15H19N5O4S. The molecule has 0 fully saturated rings. The molecule has 0 saturated carbocycles. The normalized spacial score (nSPS) is 12.4. The van der Waals surface area contributed by atoms with Gasteiger partial charge < -0.3 is 10.6 Å². The van der Waals surface area contributed by atoms with Crippen LogP contribution in [0.25, 0.3) is 0 Å². The van der Waals surface area contributed by atoms with Crippen LogP contribution in [0.3, 0.4) is 0 Å². The summed E-state index contributed by atoms with van der Waals surface area (Å²) >= 11 is 0. The molecule has 1 atom stereocenters. The Morgan fingerprint density at radius 2 is 1.76 bits per heavy atom. The minimum Gasteiger partial charge on any atom is -0.326 e. The fourth-order valence-corrected chi connectivity index (χ4v) is 3.19. The van der Waals surface area contributed by atoms with Gasteiger partial charge in [0.25, 0.3) is 0 Å². The zero-order valence-electron chi connectivity index (χ0n) is 14.0. The molecule has 0 bridgehead atoms. The molecule has 134 valence electrons. The maximum atomic E-state index is 12.3. The second-order valence-electron chi connectivity index (χ2n) is 5.41. The van der Waals surface area contributed by atoms with Crippen molar-refractivity contribution in [1.29, 1.82) is 0 Å². The third kappa shape index (κ3) is 5.13. The van der Waals surface area contributed by atoms with Gasteiger partial charge in [-0.05, 0) is 31.2 Å². The van der Waals surface area contributed by atoms with E-state index in [9.17, 15) is 18.0 Å². The minimum atomic E-state index is -3.89. The van der Waals surface area contributed by atoms with Crippen molar-refractivity contribution in [2.75, 3.05) is 10.6 Å². The van der Waals surface area contributed by atoms with E-state index in [2.05, 4.69) is 20.5 Å². The Kier molecular flexibility index (Phi) is 5.55. The first-order chi connectivity index (χ1) is 11.7. The maximum Gasteiger partial charge on any atom is 0.243 e. The minimum absolute atomic E-state index is 0.0147. The molecule has 0 aliphatic carbocycles. The lowest BCUT2D eigenvalue weighted by molar-refractivity contribution is -0.117. The Labute approximate surface area is 145 Å². The predicted molar refractivity (Wildman–Crippen MR) is 92.4 cm³/mol. The summed E-state index contributed by atoms with van der Waals surface area (Å²) in [5.41, 5.74) is 0.479. The lowest BCUT2D eigenvalue weighted by Gasteiger charge is -2.14. The molecular weight excluding hydrogens is 346 g/mol. The van der Waals surface area contributed by atoms with Crippen LogP contribution >= 0.6 is 0 Å². The summed E-state index contributed by atoms with van der Waals surface area (Å²) in [7, 11) is -2.19. The summed E-state index contributed by atoms with van der Waals surface area (Å²) in [5, 5.41) is 9.06. The van der Waals surface area contributed by atoms with E-state index >= 15 is 0 Å². The van der Waals surface area contributed by atoms with Crippen molar-refractivity contribution in [3.8, 4) is 0 Å². The number of amides is 2. The van der Waals surface area contributed by atoms with E-state index in [1.807, 2.05) is 0 Å². The number of benzene rings is 1. The molecule has 25 heavy (non-hydrogen) atoms. The fraction of sp³-hybridized carbons (Fsp3) is 0.267. The number of aryl methyl sites for hydroxylation is 1. The van der Waals surface area contributed by atoms with Crippen molar-refractivity contribution in [2.24, 2.45) is 7.05 Å². The largest absolute Gasteiger partial charge is 0.326 e. The van der Waals surface area contributed by atoms with E-state index in [1.54, 1.807) is 19.3 Å². The Morgan fingerprint density at radius 1 is 1.12 bits per heavy atom. The molecule has 0 spiro atoms. The standard InChI is InChI=1S/C15H19N5O4S/c1-10(15(22)17-14-8-9-20(3)18-14)19-25(23,24)13-6-4-12(5-7-13)16-11(2)21/h4-10,19H,1-3H3,(H,16,21)(H,17,18,22)/t10-/m1/s1. The van der Waals surface area contributed by atoms with Crippen LogP contribution in [0.2, 0.25) is 0 Å². The number of aromatic nitrogens is 2. The third-order valence-corrected chi connectivity index (χ3v) is 4.73. The SMILES string of the molecule is CC(=O)Nc1ccc(S(=O)(=O)N[C@H](C)C(=O)Nc2ccn(C)n2)cc1. The summed E-state index contributed by atoms with van der Waals surface area (Å²) in [6.07, 6.45) is 1.65. The van der Waals surface area contributed by atoms with Crippen molar-refractivity contribution < 1.29 is 18.0 Å². The van der Waals surface area contributed by atoms with E-state index in [4.69, 9.17) is 0 Å². The van der Waals surface area contributed by atoms with Gasteiger partial charge in [-0.25, -0.2) is 8.42 Å². The van der Waals surface area contributed by atoms with Gasteiger partial charge in [0.1, 0.15) is 0 Å². The van der Waals surface area contributed by atoms with Crippen LogP contribution in [0.1, 0.15) is 13.8 Å². The lowest BCUT2D eigenvalue weighted by atomic mass is 10.3. The van der Waals surface area contributed by atoms with E-state index in [-0.39, 0.29) is 10.8 Å². The molecule has 2 rings (SSSR count). The average Bonchev–Trinajstić information content (AvgIpc) is 2.91. The monoisotopic (exact) mass is 365 g/mol. The van der Waals surface area contributed by atoms with E-state index in [1.165, 1.54) is 42.8 Å². The first-order valence-electron chi connectivity index (χ1n) is 7.38. The lowest BCUT2D eigenvalue weighted by Crippen LogP contribution is -2.41. The topological polar surface area (TPSA) is 122 Å². The Balaban J connectivity index is 2.03. The molecule has 10 heteroatoms. The van der Waals surface area contributed by atoms with Gasteiger partial charge in [-0.15, -0.1) is 0 Å². The van der Waals surface area contributed by atoms with Gasteiger partial charge in [-0.1, -0.05) is 0 Å². The van der Waals surface area contributed by atoms with Crippen LogP contribution in [0, 0.1) is 0 Å². The first-order valence-corrected chi connectivity index (χ1v) is 8.86. The van der Waals surface area contributed by atoms with Crippen LogP contribution in [-0.2, 0) is 26.7 Å². The van der Waals surface area contributed by atoms with Gasteiger partial charge >= 0.3 is 0 Å². The molecule has 0 aliphatic rings. The van der Waals surface area contributed by atoms with E-state index in [0.29, 0.717) is 11.5 Å². The van der Waals surface area contributed by atoms with Crippen LogP contribution in [0.5, 0.6) is 0 Å². The number of hydrogen-bond donors (Lipinski definition) is 3. The van der Waals surface area contributed by atoms with Crippen LogP contribution in [0.4, 0.5) is 11.5 Å². The summed E-state index contributed by atoms with van der Waals surface area (Å²) in [6.45, 7) is 2.79. The molecule has 1 heterocycles. The molecule has 0 radical (unpaired) electrons. The molecule has 3 N–H and O–H groups in total. The molecule has 2 amide bonds. The van der Waals surface area contributed by atoms with Gasteiger partial charge in [-0.3, -0.25) is 14.3 Å². The van der Waals surface area contributed by atoms with Crippen molar-refractivity contribution in [1.82, 2.24) is 14.5 Å². The summed E-state index contributed by atoms with van der Waals surface area (Å²) in [6, 6.07) is 6.22. The van der Waals surface area contributed by atoms with Crippen LogP contribution in [0.15, 0.2) is 41.4 Å². The highest BCUT2D eigenvalue weighted by Gasteiger charge is 2.22. The smallest absolute Gasteiger partial charge is 0.243 e. The van der Waals surface area contributed by atoms with Gasteiger partial charge in [0.2, 0.25) is 21.8 Å². The van der Waals surface area contributed by atoms with Gasteiger partial charge in [-0.2, -0.15) is 9.82 Å². The predicted octanol–water partition coefficient (Wildman–Crippen LogP) is 0.684. The molecule has 1 aromatic heterocycles. The highest BCUT2D eigenvalue weighted by atomic mass is 32.2. The van der Waals surface area contributed by atoms with Crippen LogP contribution in [-0.4, -0.2) is 36.1 Å². The number of anilines is 2. The van der Waals surface area contributed by atoms with E-state index < -0.39 is 22.0 Å². The fourth-order valence-electron chi connectivity index (χ4n) is 1.99. The van der Waals surface area contributed by atoms with Crippen molar-refractivity contribution in [2.45, 2.75) is 24.8 Å². The zero-order valence-corrected chi connectivity index (χ0v) is 14.8. The summed E-state index contributed by atoms with van der Waals surface area (Å²) in [5.74, 6) is -0.455. The molecule has 9 nitrogen and oxygen atoms in total. The van der Waals surface area contributed by atoms with Gasteiger partial charge in [0.15, 0.2) is 5.82 Å². The number of sulfonamides is 1. The van der Waals surface area contributed by atoms with Gasteiger partial charge in [0.05, 0.1) is 10.9 Å². The Morgan fingerprint density at radius 3 is 2.28 bits per heavy atom. The number of carbonyl (C=O) groups excluding carboxylic acids is 2. The van der Waals surface area contributed by atoms with Crippen molar-refractivity contribution in [3.05, 3.63) is 36.5 Å². The Hall–Kier alpha value is -2.72. The second kappa shape index (κ2) is 7.45. The molecule has 0 aliphatic heterocycles. The average molecular weight is 365 g/mol. The second-order valence-corrected chi connectivity index (χ2v) is 7.13. The number of rotatable bonds is 6. The Bertz CT molecular complexity index is 874. The summed E-state index contributed by atoms with van der Waals surface area (Å²) < 4.78 is 28.5. The zero-order chi connectivity index (χ0) is 18.6. The highest BCUT2D eigenvalue weighted by Crippen LogP contribution is 2.14. The number of nitrogens with one attached hydrogen (secondary N) is 3. The quantitative estimate of drug-likeness (QED) is 0.695. The molecule has 0 saturated heterocycles. The number of hydrogen-bond acceptors (Lipinski definition) is 5. The van der Waals surface area contributed by atoms with Crippen molar-refractivity contribution >= 4 is 33.3 Å². The summed E-state index contributed by atoms with van der Waals surface area (Å²) in [4.78, 5) is 23.0. The first kappa shape index (κ1) is 18.6.